The van der Waals surface area contributed by atoms with Crippen molar-refractivity contribution in [3.63, 3.8) is 0 Å². The number of likely N-dealkylation sites (tertiary alicyclic amines) is 1. The predicted octanol–water partition coefficient (Wildman–Crippen LogP) is 0.666. The molecule has 0 radical (unpaired) electrons. The van der Waals surface area contributed by atoms with Gasteiger partial charge in [-0.15, -0.1) is 0 Å². The van der Waals surface area contributed by atoms with Crippen LogP contribution in [-0.2, 0) is 14.4 Å². The average molecular weight is 468 g/mol. The Morgan fingerprint density at radius 1 is 1.26 bits per heavy atom. The largest absolute Gasteiger partial charge is 0.496 e. The Hall–Kier alpha value is -3.56. The smallest absolute Gasteiger partial charge is 0.271 e. The molecule has 1 aliphatic carbocycles. The number of aromatic nitrogens is 1. The molecule has 2 saturated heterocycles. The fourth-order valence-electron chi connectivity index (χ4n) is 5.84. The van der Waals surface area contributed by atoms with Gasteiger partial charge in [-0.3, -0.25) is 19.2 Å². The molecule has 10 nitrogen and oxygen atoms in total. The number of ether oxygens (including phenoxy) is 1. The number of hydrogen-bond donors (Lipinski definition) is 4. The number of rotatable bonds is 7. The Labute approximate surface area is 196 Å². The van der Waals surface area contributed by atoms with E-state index >= 15 is 0 Å². The van der Waals surface area contributed by atoms with E-state index in [4.69, 9.17) is 10.5 Å². The third-order valence-electron chi connectivity index (χ3n) is 7.51. The summed E-state index contributed by atoms with van der Waals surface area (Å²) < 4.78 is 5.40. The normalized spacial score (nSPS) is 26.5. The Morgan fingerprint density at radius 3 is 2.79 bits per heavy atom. The molecule has 3 aliphatic rings. The van der Waals surface area contributed by atoms with Crippen LogP contribution >= 0.6 is 0 Å². The number of nitrogens with zero attached hydrogens (tertiary/aromatic N) is 1. The summed E-state index contributed by atoms with van der Waals surface area (Å²) in [4.78, 5) is 55.8. The molecule has 1 aromatic heterocycles. The molecule has 0 spiro atoms. The van der Waals surface area contributed by atoms with E-state index in [1.807, 2.05) is 18.2 Å². The van der Waals surface area contributed by atoms with Crippen molar-refractivity contribution < 1.29 is 23.9 Å². The molecule has 2 bridgehead atoms. The second kappa shape index (κ2) is 8.66. The number of carbonyl (C=O) groups excluding carboxylic acids is 4. The first-order chi connectivity index (χ1) is 16.4. The van der Waals surface area contributed by atoms with E-state index in [9.17, 15) is 19.2 Å². The van der Waals surface area contributed by atoms with Crippen LogP contribution in [0.2, 0.25) is 0 Å². The molecule has 2 aliphatic heterocycles. The molecule has 1 aromatic carbocycles. The highest BCUT2D eigenvalue weighted by Gasteiger charge is 2.52. The lowest BCUT2D eigenvalue weighted by atomic mass is 9.95. The fraction of sp³-hybridized carbons (Fsp3) is 0.500. The van der Waals surface area contributed by atoms with Crippen LogP contribution in [-0.4, -0.2) is 65.3 Å². The number of piperidine rings is 1. The van der Waals surface area contributed by atoms with Crippen LogP contribution in [0.1, 0.15) is 42.6 Å². The number of nitrogens with one attached hydrogen (secondary N) is 3. The fourth-order valence-corrected chi connectivity index (χ4v) is 5.84. The topological polar surface area (TPSA) is 147 Å². The van der Waals surface area contributed by atoms with Crippen molar-refractivity contribution in [3.05, 3.63) is 30.0 Å². The Morgan fingerprint density at radius 2 is 2.09 bits per heavy atom. The van der Waals surface area contributed by atoms with Crippen LogP contribution in [0.3, 0.4) is 0 Å². The van der Waals surface area contributed by atoms with Gasteiger partial charge in [-0.2, -0.15) is 0 Å². The van der Waals surface area contributed by atoms with Gasteiger partial charge in [0.15, 0.2) is 0 Å². The Bertz CT molecular complexity index is 1160. The van der Waals surface area contributed by atoms with Crippen LogP contribution in [0, 0.1) is 11.8 Å². The van der Waals surface area contributed by atoms with Crippen molar-refractivity contribution in [2.45, 2.75) is 50.2 Å². The van der Waals surface area contributed by atoms with Gasteiger partial charge in [-0.05, 0) is 56.2 Å². The zero-order chi connectivity index (χ0) is 24.0. The molecule has 34 heavy (non-hydrogen) atoms. The first kappa shape index (κ1) is 22.2. The molecule has 3 fully saturated rings. The molecular formula is C24H29N5O5. The lowest BCUT2D eigenvalue weighted by Gasteiger charge is -2.35. The maximum absolute atomic E-state index is 13.6. The van der Waals surface area contributed by atoms with E-state index in [-0.39, 0.29) is 36.1 Å². The minimum Gasteiger partial charge on any atom is -0.496 e. The standard InChI is InChI=1S/C24H29N5O5/c1-34-19-4-2-3-16-15(19)11-18(27-16)24(33)29-14-6-5-12(9-14)20(29)23(32)28-17(21(25)30)10-13-7-8-26-22(13)31/h2-4,11-14,17,20,27H,5-10H2,1H3,(H2,25,30)(H,26,31)(H,28,32)/t12-,13-,14+,17-,20-/m0/s1. The summed E-state index contributed by atoms with van der Waals surface area (Å²) >= 11 is 0. The van der Waals surface area contributed by atoms with Crippen molar-refractivity contribution in [3.8, 4) is 5.75 Å². The highest BCUT2D eigenvalue weighted by Crippen LogP contribution is 2.43. The van der Waals surface area contributed by atoms with Gasteiger partial charge >= 0.3 is 0 Å². The van der Waals surface area contributed by atoms with Crippen molar-refractivity contribution in [2.75, 3.05) is 13.7 Å². The minimum absolute atomic E-state index is 0.0242. The molecule has 2 aromatic rings. The predicted molar refractivity (Wildman–Crippen MR) is 123 cm³/mol. The van der Waals surface area contributed by atoms with E-state index in [1.165, 1.54) is 0 Å². The van der Waals surface area contributed by atoms with Gasteiger partial charge in [-0.25, -0.2) is 0 Å². The second-order valence-corrected chi connectivity index (χ2v) is 9.46. The van der Waals surface area contributed by atoms with Crippen LogP contribution in [0.4, 0.5) is 0 Å². The molecule has 10 heteroatoms. The van der Waals surface area contributed by atoms with Crippen LogP contribution in [0.5, 0.6) is 5.75 Å². The second-order valence-electron chi connectivity index (χ2n) is 9.46. The summed E-state index contributed by atoms with van der Waals surface area (Å²) in [6.07, 6.45) is 3.19. The molecule has 5 rings (SSSR count). The maximum Gasteiger partial charge on any atom is 0.271 e. The van der Waals surface area contributed by atoms with Gasteiger partial charge < -0.3 is 31.0 Å². The van der Waals surface area contributed by atoms with E-state index in [2.05, 4.69) is 15.6 Å². The summed E-state index contributed by atoms with van der Waals surface area (Å²) in [5.41, 5.74) is 6.72. The summed E-state index contributed by atoms with van der Waals surface area (Å²) in [5.74, 6) is -1.14. The zero-order valence-electron chi connectivity index (χ0n) is 19.0. The highest BCUT2D eigenvalue weighted by atomic mass is 16.5. The monoisotopic (exact) mass is 467 g/mol. The summed E-state index contributed by atoms with van der Waals surface area (Å²) in [6, 6.07) is 5.61. The van der Waals surface area contributed by atoms with Gasteiger partial charge in [0, 0.05) is 29.4 Å². The molecule has 180 valence electrons. The summed E-state index contributed by atoms with van der Waals surface area (Å²) in [5, 5.41) is 6.28. The Kier molecular flexibility index (Phi) is 5.66. The number of amides is 4. The van der Waals surface area contributed by atoms with Crippen LogP contribution < -0.4 is 21.1 Å². The van der Waals surface area contributed by atoms with E-state index in [0.717, 1.165) is 30.2 Å². The molecule has 3 heterocycles. The number of H-pyrrole nitrogens is 1. The van der Waals surface area contributed by atoms with Gasteiger partial charge in [-0.1, -0.05) is 6.07 Å². The molecular weight excluding hydrogens is 438 g/mol. The number of primary amides is 1. The van der Waals surface area contributed by atoms with Crippen molar-refractivity contribution in [1.29, 1.82) is 0 Å². The van der Waals surface area contributed by atoms with Crippen LogP contribution in [0.25, 0.3) is 10.9 Å². The number of fused-ring (bicyclic) bond motifs is 3. The third kappa shape index (κ3) is 3.76. The lowest BCUT2D eigenvalue weighted by molar-refractivity contribution is -0.132. The lowest BCUT2D eigenvalue weighted by Crippen LogP contribution is -2.56. The molecule has 4 amide bonds. The van der Waals surface area contributed by atoms with Crippen molar-refractivity contribution in [1.82, 2.24) is 20.5 Å². The molecule has 1 saturated carbocycles. The molecule has 0 unspecified atom stereocenters. The van der Waals surface area contributed by atoms with Gasteiger partial charge in [0.2, 0.25) is 17.7 Å². The van der Waals surface area contributed by atoms with Gasteiger partial charge in [0.25, 0.3) is 5.91 Å². The SMILES string of the molecule is COc1cccc2[nH]c(C(=O)N3[C@@H]4CC[C@@H](C4)[C@H]3C(=O)N[C@@H](C[C@@H]3CCNC3=O)C(N)=O)cc12. The van der Waals surface area contributed by atoms with Crippen molar-refractivity contribution >= 4 is 34.5 Å². The van der Waals surface area contributed by atoms with Crippen LogP contribution in [0.15, 0.2) is 24.3 Å². The summed E-state index contributed by atoms with van der Waals surface area (Å²) in [7, 11) is 1.58. The van der Waals surface area contributed by atoms with E-state index < -0.39 is 23.9 Å². The minimum atomic E-state index is -0.963. The quantitative estimate of drug-likeness (QED) is 0.473. The van der Waals surface area contributed by atoms with Gasteiger partial charge in [0.1, 0.15) is 23.5 Å². The van der Waals surface area contributed by atoms with E-state index in [1.54, 1.807) is 18.1 Å². The van der Waals surface area contributed by atoms with Gasteiger partial charge in [0.05, 0.1) is 7.11 Å². The number of nitrogens with two attached hydrogens (primary N) is 1. The Balaban J connectivity index is 1.37. The molecule has 5 atom stereocenters. The van der Waals surface area contributed by atoms with Crippen molar-refractivity contribution in [2.24, 2.45) is 17.6 Å². The number of carbonyl (C=O) groups is 4. The molecule has 5 N–H and O–H groups in total. The number of hydrogen-bond acceptors (Lipinski definition) is 5. The number of methoxy groups -OCH3 is 1. The average Bonchev–Trinajstić information content (AvgIpc) is 3.61. The third-order valence-corrected chi connectivity index (χ3v) is 7.51. The number of aromatic amines is 1. The highest BCUT2D eigenvalue weighted by molar-refractivity contribution is 6.02. The first-order valence-corrected chi connectivity index (χ1v) is 11.7. The van der Waals surface area contributed by atoms with E-state index in [0.29, 0.717) is 24.4 Å². The number of benzene rings is 1. The summed E-state index contributed by atoms with van der Waals surface area (Å²) in [6.45, 7) is 0.548. The first-order valence-electron chi connectivity index (χ1n) is 11.7. The maximum atomic E-state index is 13.6. The zero-order valence-corrected chi connectivity index (χ0v) is 19.0.